The number of likely N-dealkylation sites (tertiary alicyclic amines) is 2. The summed E-state index contributed by atoms with van der Waals surface area (Å²) in [6.45, 7) is 2.93. The van der Waals surface area contributed by atoms with E-state index in [9.17, 15) is 10.1 Å². The number of amides is 1. The predicted molar refractivity (Wildman–Crippen MR) is 105 cm³/mol. The second-order valence-electron chi connectivity index (χ2n) is 7.54. The van der Waals surface area contributed by atoms with Gasteiger partial charge < -0.3 is 9.80 Å². The number of carbonyl (C=O) groups is 1. The first-order valence-electron chi connectivity index (χ1n) is 9.65. The molecular weight excluding hydrogens is 338 g/mol. The molecule has 0 N–H and O–H groups in total. The molecule has 0 radical (unpaired) electrons. The maximum atomic E-state index is 12.6. The Morgan fingerprint density at radius 1 is 1.33 bits per heavy atom. The van der Waals surface area contributed by atoms with Crippen molar-refractivity contribution in [2.45, 2.75) is 31.3 Å². The Morgan fingerprint density at radius 2 is 2.22 bits per heavy atom. The fraction of sp³-hybridized carbons (Fsp3) is 0.476. The molecule has 2 saturated heterocycles. The molecule has 27 heavy (non-hydrogen) atoms. The van der Waals surface area contributed by atoms with Crippen molar-refractivity contribution in [1.29, 1.82) is 5.26 Å². The van der Waals surface area contributed by atoms with Gasteiger partial charge in [-0.1, -0.05) is 6.07 Å². The summed E-state index contributed by atoms with van der Waals surface area (Å²) < 4.78 is 0. The van der Waals surface area contributed by atoms with Crippen molar-refractivity contribution in [3.8, 4) is 6.07 Å². The number of carbonyl (C=O) groups excluding carboxylic acids is 1. The van der Waals surface area contributed by atoms with Crippen molar-refractivity contribution < 1.29 is 4.79 Å². The normalized spacial score (nSPS) is 22.9. The monoisotopic (exact) mass is 363 g/mol. The first kappa shape index (κ1) is 17.7. The van der Waals surface area contributed by atoms with Gasteiger partial charge in [0.2, 0.25) is 5.91 Å². The van der Waals surface area contributed by atoms with Gasteiger partial charge in [-0.05, 0) is 43.5 Å². The quantitative estimate of drug-likeness (QED) is 0.834. The van der Waals surface area contributed by atoms with Crippen LogP contribution in [0.2, 0.25) is 0 Å². The van der Waals surface area contributed by atoms with E-state index in [-0.39, 0.29) is 11.9 Å². The zero-order valence-corrected chi connectivity index (χ0v) is 15.7. The Morgan fingerprint density at radius 3 is 3.07 bits per heavy atom. The Balaban J connectivity index is 1.38. The number of nitriles is 1. The van der Waals surface area contributed by atoms with Gasteiger partial charge >= 0.3 is 0 Å². The highest BCUT2D eigenvalue weighted by Gasteiger charge is 2.32. The first-order chi connectivity index (χ1) is 13.2. The minimum Gasteiger partial charge on any atom is -0.370 e. The van der Waals surface area contributed by atoms with Crippen molar-refractivity contribution in [2.75, 3.05) is 38.1 Å². The fourth-order valence-electron chi connectivity index (χ4n) is 4.25. The van der Waals surface area contributed by atoms with E-state index in [1.54, 1.807) is 4.90 Å². The Labute approximate surface area is 160 Å². The van der Waals surface area contributed by atoms with Crippen LogP contribution in [-0.4, -0.2) is 66.0 Å². The number of aromatic nitrogens is 1. The second kappa shape index (κ2) is 7.53. The molecule has 1 amide bonds. The zero-order valence-electron chi connectivity index (χ0n) is 15.7. The van der Waals surface area contributed by atoms with Gasteiger partial charge in [-0.15, -0.1) is 0 Å². The number of fused-ring (bicyclic) bond motifs is 1. The SMILES string of the molecule is CN(c1ccc2ncccc2c1)[C@H]1CCN(CC(=O)N2CCCC2C#N)C1. The average molecular weight is 363 g/mol. The van der Waals surface area contributed by atoms with Crippen LogP contribution in [-0.2, 0) is 4.79 Å². The summed E-state index contributed by atoms with van der Waals surface area (Å²) in [5.41, 5.74) is 2.18. The molecule has 0 spiro atoms. The van der Waals surface area contributed by atoms with Crippen LogP contribution in [0.5, 0.6) is 0 Å². The number of rotatable bonds is 4. The molecule has 2 aliphatic rings. The lowest BCUT2D eigenvalue weighted by Crippen LogP contribution is -2.42. The van der Waals surface area contributed by atoms with Crippen LogP contribution in [0.3, 0.4) is 0 Å². The van der Waals surface area contributed by atoms with Gasteiger partial charge in [-0.3, -0.25) is 14.7 Å². The topological polar surface area (TPSA) is 63.5 Å². The van der Waals surface area contributed by atoms with Crippen LogP contribution >= 0.6 is 0 Å². The molecule has 1 aromatic carbocycles. The van der Waals surface area contributed by atoms with Gasteiger partial charge in [0, 0.05) is 50.0 Å². The smallest absolute Gasteiger partial charge is 0.237 e. The third kappa shape index (κ3) is 3.60. The summed E-state index contributed by atoms with van der Waals surface area (Å²) in [4.78, 5) is 23.2. The van der Waals surface area contributed by atoms with Gasteiger partial charge in [-0.25, -0.2) is 0 Å². The van der Waals surface area contributed by atoms with Gasteiger partial charge in [0.25, 0.3) is 0 Å². The highest BCUT2D eigenvalue weighted by atomic mass is 16.2. The molecule has 2 fully saturated rings. The molecule has 6 nitrogen and oxygen atoms in total. The molecule has 6 heteroatoms. The third-order valence-corrected chi connectivity index (χ3v) is 5.87. The Kier molecular flexibility index (Phi) is 4.95. The van der Waals surface area contributed by atoms with Crippen LogP contribution in [0.25, 0.3) is 10.9 Å². The Hall–Kier alpha value is -2.65. The molecular formula is C21H25N5O. The van der Waals surface area contributed by atoms with E-state index in [1.807, 2.05) is 12.3 Å². The average Bonchev–Trinajstić information content (AvgIpc) is 3.36. The van der Waals surface area contributed by atoms with Crippen molar-refractivity contribution in [1.82, 2.24) is 14.8 Å². The molecule has 1 aromatic heterocycles. The minimum atomic E-state index is -0.232. The highest BCUT2D eigenvalue weighted by Crippen LogP contribution is 2.25. The van der Waals surface area contributed by atoms with E-state index >= 15 is 0 Å². The Bertz CT molecular complexity index is 876. The number of pyridine rings is 1. The molecule has 0 bridgehead atoms. The first-order valence-corrected chi connectivity index (χ1v) is 9.65. The number of hydrogen-bond donors (Lipinski definition) is 0. The van der Waals surface area contributed by atoms with E-state index in [2.05, 4.69) is 52.2 Å². The van der Waals surface area contributed by atoms with E-state index in [4.69, 9.17) is 0 Å². The minimum absolute atomic E-state index is 0.0964. The lowest BCUT2D eigenvalue weighted by atomic mass is 10.1. The van der Waals surface area contributed by atoms with Crippen molar-refractivity contribution in [3.05, 3.63) is 36.5 Å². The molecule has 4 rings (SSSR count). The summed E-state index contributed by atoms with van der Waals surface area (Å²) in [6, 6.07) is 12.8. The van der Waals surface area contributed by atoms with E-state index in [1.165, 1.54) is 5.69 Å². The summed E-state index contributed by atoms with van der Waals surface area (Å²) in [7, 11) is 2.12. The van der Waals surface area contributed by atoms with Crippen LogP contribution in [0, 0.1) is 11.3 Å². The predicted octanol–water partition coefficient (Wildman–Crippen LogP) is 2.26. The summed E-state index contributed by atoms with van der Waals surface area (Å²) in [5, 5.41) is 10.3. The van der Waals surface area contributed by atoms with Gasteiger partial charge in [0.15, 0.2) is 0 Å². The molecule has 2 aliphatic heterocycles. The number of anilines is 1. The lowest BCUT2D eigenvalue weighted by Gasteiger charge is -2.28. The van der Waals surface area contributed by atoms with Crippen LogP contribution in [0.15, 0.2) is 36.5 Å². The lowest BCUT2D eigenvalue weighted by molar-refractivity contribution is -0.132. The van der Waals surface area contributed by atoms with E-state index in [0.29, 0.717) is 12.6 Å². The van der Waals surface area contributed by atoms with E-state index < -0.39 is 0 Å². The highest BCUT2D eigenvalue weighted by molar-refractivity contribution is 5.82. The molecule has 0 saturated carbocycles. The zero-order chi connectivity index (χ0) is 18.8. The molecule has 3 heterocycles. The molecule has 2 atom stereocenters. The van der Waals surface area contributed by atoms with Crippen LogP contribution in [0.4, 0.5) is 5.69 Å². The number of hydrogen-bond acceptors (Lipinski definition) is 5. The largest absolute Gasteiger partial charge is 0.370 e. The number of benzene rings is 1. The van der Waals surface area contributed by atoms with E-state index in [0.717, 1.165) is 49.8 Å². The van der Waals surface area contributed by atoms with Crippen molar-refractivity contribution in [3.63, 3.8) is 0 Å². The van der Waals surface area contributed by atoms with Crippen LogP contribution in [0.1, 0.15) is 19.3 Å². The van der Waals surface area contributed by atoms with Crippen molar-refractivity contribution >= 4 is 22.5 Å². The maximum absolute atomic E-state index is 12.6. The van der Waals surface area contributed by atoms with Gasteiger partial charge in [0.05, 0.1) is 18.1 Å². The van der Waals surface area contributed by atoms with Crippen LogP contribution < -0.4 is 4.90 Å². The van der Waals surface area contributed by atoms with Crippen molar-refractivity contribution in [2.24, 2.45) is 0 Å². The standard InChI is InChI=1S/C21H25N5O/c1-24(17-6-7-20-16(12-17)4-2-9-23-20)19-8-11-25(14-19)15-21(27)26-10-3-5-18(26)13-22/h2,4,6-7,9,12,18-19H,3,5,8,10-11,14-15H2,1H3/t18?,19-/m0/s1. The van der Waals surface area contributed by atoms with Gasteiger partial charge in [-0.2, -0.15) is 5.26 Å². The fourth-order valence-corrected chi connectivity index (χ4v) is 4.25. The summed E-state index contributed by atoms with van der Waals surface area (Å²) in [5.74, 6) is 0.0964. The molecule has 1 unspecified atom stereocenters. The van der Waals surface area contributed by atoms with Gasteiger partial charge in [0.1, 0.15) is 6.04 Å². The maximum Gasteiger partial charge on any atom is 0.237 e. The molecule has 140 valence electrons. The molecule has 2 aromatic rings. The number of nitrogens with zero attached hydrogens (tertiary/aromatic N) is 5. The number of likely N-dealkylation sites (N-methyl/N-ethyl adjacent to an activating group) is 1. The second-order valence-corrected chi connectivity index (χ2v) is 7.54. The summed E-state index contributed by atoms with van der Waals surface area (Å²) in [6.07, 6.45) is 4.60. The summed E-state index contributed by atoms with van der Waals surface area (Å²) >= 11 is 0. The third-order valence-electron chi connectivity index (χ3n) is 5.87. The molecule has 0 aliphatic carbocycles.